The summed E-state index contributed by atoms with van der Waals surface area (Å²) in [5.74, 6) is -2.98. The highest BCUT2D eigenvalue weighted by Crippen LogP contribution is 2.75. The van der Waals surface area contributed by atoms with Crippen LogP contribution >= 0.6 is 0 Å². The monoisotopic (exact) mass is 560 g/mol. The highest BCUT2D eigenvalue weighted by molar-refractivity contribution is 5.84. The fourth-order valence-corrected chi connectivity index (χ4v) is 7.69. The Hall–Kier alpha value is -2.76. The van der Waals surface area contributed by atoms with Gasteiger partial charge in [0.15, 0.2) is 0 Å². The third kappa shape index (κ3) is 4.03. The molecule has 2 spiro atoms. The van der Waals surface area contributed by atoms with E-state index in [-0.39, 0.29) is 37.4 Å². The lowest BCUT2D eigenvalue weighted by Crippen LogP contribution is -2.69. The Balaban J connectivity index is 1.38. The molecule has 0 radical (unpaired) electrons. The maximum absolute atomic E-state index is 13.5. The molecule has 0 aromatic heterocycles. The summed E-state index contributed by atoms with van der Waals surface area (Å²) in [5.41, 5.74) is -2.53. The summed E-state index contributed by atoms with van der Waals surface area (Å²) >= 11 is 0. The number of allylic oxidation sites excluding steroid dienone is 2. The Morgan fingerprint density at radius 3 is 2.40 bits per heavy atom. The Bertz CT molecular complexity index is 1170. The van der Waals surface area contributed by atoms with E-state index in [1.165, 1.54) is 31.2 Å². The molecular formula is C29H36O11. The van der Waals surface area contributed by atoms with E-state index in [4.69, 9.17) is 33.2 Å². The molecule has 5 fully saturated rings. The summed E-state index contributed by atoms with van der Waals surface area (Å²) in [5, 5.41) is 0. The normalized spacial score (nSPS) is 48.9. The second-order valence-corrected chi connectivity index (χ2v) is 12.4. The molecule has 40 heavy (non-hydrogen) atoms. The van der Waals surface area contributed by atoms with Gasteiger partial charge >= 0.3 is 23.9 Å². The molecule has 3 unspecified atom stereocenters. The summed E-state index contributed by atoms with van der Waals surface area (Å²) in [6.07, 6.45) is 4.62. The number of hydrogen-bond acceptors (Lipinski definition) is 11. The van der Waals surface area contributed by atoms with Gasteiger partial charge in [0.25, 0.3) is 0 Å². The van der Waals surface area contributed by atoms with Crippen LogP contribution in [0.15, 0.2) is 24.3 Å². The van der Waals surface area contributed by atoms with Gasteiger partial charge in [-0.25, -0.2) is 14.4 Å². The largest absolute Gasteiger partial charge is 0.463 e. The summed E-state index contributed by atoms with van der Waals surface area (Å²) in [6, 6.07) is 0. The van der Waals surface area contributed by atoms with Gasteiger partial charge in [-0.2, -0.15) is 0 Å². The Labute approximate surface area is 232 Å². The predicted molar refractivity (Wildman–Crippen MR) is 134 cm³/mol. The zero-order valence-electron chi connectivity index (χ0n) is 23.2. The number of fused-ring (bicyclic) bond motifs is 2. The van der Waals surface area contributed by atoms with E-state index in [0.29, 0.717) is 25.9 Å². The molecule has 11 nitrogen and oxygen atoms in total. The number of hydrogen-bond donors (Lipinski definition) is 0. The third-order valence-electron chi connectivity index (χ3n) is 10.3. The zero-order valence-corrected chi connectivity index (χ0v) is 23.2. The number of ether oxygens (including phenoxy) is 7. The minimum atomic E-state index is -1.19. The standard InChI is InChI=1S/C29H36O11/c1-16-9-12-34-20(31)7-5-6-8-21(32)38-18-13-19-29(15-36-29)27(18,4)28(14-35-25(33)22(16)37-17(2)30)11-10-26(3)23(40-26)24(28)39-19/h5-8,16,18-19,22-24H,9-15H2,1-4H3/b7-5?,8-6-/t16?,18-,19-,22?,23+,24-,26-,27-,28-,29?/m1/s1. The van der Waals surface area contributed by atoms with Gasteiger partial charge < -0.3 is 33.2 Å². The number of carbonyl (C=O) groups is 4. The van der Waals surface area contributed by atoms with Gasteiger partial charge in [0.2, 0.25) is 6.10 Å². The van der Waals surface area contributed by atoms with Crippen molar-refractivity contribution in [3.05, 3.63) is 24.3 Å². The molecule has 3 saturated heterocycles. The first-order chi connectivity index (χ1) is 19.0. The molecular weight excluding hydrogens is 524 g/mol. The minimum Gasteiger partial charge on any atom is -0.463 e. The van der Waals surface area contributed by atoms with Crippen molar-refractivity contribution >= 4 is 23.9 Å². The first kappa shape index (κ1) is 27.4. The number of carbonyl (C=O) groups excluding carboxylic acids is 4. The van der Waals surface area contributed by atoms with Crippen molar-refractivity contribution in [1.29, 1.82) is 0 Å². The fourth-order valence-electron chi connectivity index (χ4n) is 7.69. The molecule has 218 valence electrons. The van der Waals surface area contributed by atoms with E-state index in [1.54, 1.807) is 6.92 Å². The van der Waals surface area contributed by atoms with Crippen molar-refractivity contribution in [2.75, 3.05) is 19.8 Å². The molecule has 10 atom stereocenters. The molecule has 6 rings (SSSR count). The highest BCUT2D eigenvalue weighted by atomic mass is 16.7. The molecule has 2 aliphatic carbocycles. The number of epoxide rings is 2. The molecule has 4 aliphatic heterocycles. The van der Waals surface area contributed by atoms with Crippen LogP contribution in [0, 0.1) is 16.7 Å². The highest BCUT2D eigenvalue weighted by Gasteiger charge is 2.86. The first-order valence-electron chi connectivity index (χ1n) is 14.0. The minimum absolute atomic E-state index is 0.000405. The van der Waals surface area contributed by atoms with Gasteiger partial charge in [-0.15, -0.1) is 0 Å². The summed E-state index contributed by atoms with van der Waals surface area (Å²) in [6.45, 7) is 7.47. The molecule has 11 heteroatoms. The van der Waals surface area contributed by atoms with E-state index in [0.717, 1.165) is 0 Å². The van der Waals surface area contributed by atoms with E-state index in [9.17, 15) is 19.2 Å². The number of esters is 4. The van der Waals surface area contributed by atoms with E-state index < -0.39 is 64.5 Å². The SMILES string of the molecule is CC(=O)OC1C(=O)OC[C@]23CC[C@@]4(C)O[C@H]4[C@H]2O[C@@H]2C[C@@H](OC(=O)/C=C\C=CC(=O)OCCC1C)[C@@]3(C)C21CO1. The fraction of sp³-hybridized carbons (Fsp3) is 0.724. The van der Waals surface area contributed by atoms with Gasteiger partial charge in [0.1, 0.15) is 24.4 Å². The molecule has 6 aliphatic rings. The average Bonchev–Trinajstić information content (AvgIpc) is 3.81. The second kappa shape index (κ2) is 9.39. The van der Waals surface area contributed by atoms with Gasteiger partial charge in [0.05, 0.1) is 36.4 Å². The van der Waals surface area contributed by atoms with Crippen LogP contribution in [0.2, 0.25) is 0 Å². The topological polar surface area (TPSA) is 139 Å². The molecule has 0 aromatic carbocycles. The van der Waals surface area contributed by atoms with Gasteiger partial charge in [-0.1, -0.05) is 26.0 Å². The Morgan fingerprint density at radius 2 is 1.70 bits per heavy atom. The maximum atomic E-state index is 13.5. The smallest absolute Gasteiger partial charge is 0.347 e. The van der Waals surface area contributed by atoms with Gasteiger partial charge in [-0.05, 0) is 26.2 Å². The maximum Gasteiger partial charge on any atom is 0.347 e. The molecule has 2 saturated carbocycles. The second-order valence-electron chi connectivity index (χ2n) is 12.4. The lowest BCUT2D eigenvalue weighted by atomic mass is 9.50. The van der Waals surface area contributed by atoms with Crippen molar-refractivity contribution < 1.29 is 52.3 Å². The van der Waals surface area contributed by atoms with Crippen LogP contribution in [-0.2, 0) is 52.3 Å². The van der Waals surface area contributed by atoms with Crippen LogP contribution in [0.3, 0.4) is 0 Å². The Morgan fingerprint density at radius 1 is 0.975 bits per heavy atom. The van der Waals surface area contributed by atoms with Gasteiger partial charge in [-0.3, -0.25) is 4.79 Å². The molecule has 2 bridgehead atoms. The van der Waals surface area contributed by atoms with Crippen LogP contribution in [0.4, 0.5) is 0 Å². The van der Waals surface area contributed by atoms with Crippen molar-refractivity contribution in [1.82, 2.24) is 0 Å². The summed E-state index contributed by atoms with van der Waals surface area (Å²) in [4.78, 5) is 50.4. The zero-order chi connectivity index (χ0) is 28.5. The third-order valence-corrected chi connectivity index (χ3v) is 10.3. The van der Waals surface area contributed by atoms with Gasteiger partial charge in [0, 0.05) is 36.8 Å². The first-order valence-corrected chi connectivity index (χ1v) is 14.0. The van der Waals surface area contributed by atoms with Crippen LogP contribution in [0.5, 0.6) is 0 Å². The van der Waals surface area contributed by atoms with Crippen molar-refractivity contribution in [3.8, 4) is 0 Å². The molecule has 4 heterocycles. The van der Waals surface area contributed by atoms with Crippen LogP contribution in [0.1, 0.15) is 53.4 Å². The lowest BCUT2D eigenvalue weighted by molar-refractivity contribution is -0.253. The van der Waals surface area contributed by atoms with E-state index in [2.05, 4.69) is 13.8 Å². The summed E-state index contributed by atoms with van der Waals surface area (Å²) < 4.78 is 41.7. The van der Waals surface area contributed by atoms with E-state index in [1.807, 2.05) is 0 Å². The molecule has 0 aromatic rings. The summed E-state index contributed by atoms with van der Waals surface area (Å²) in [7, 11) is 0. The lowest BCUT2D eigenvalue weighted by Gasteiger charge is -2.58. The van der Waals surface area contributed by atoms with Crippen LogP contribution in [0.25, 0.3) is 0 Å². The van der Waals surface area contributed by atoms with Crippen LogP contribution in [-0.4, -0.2) is 85.4 Å². The number of cyclic esters (lactones) is 2. The quantitative estimate of drug-likeness (QED) is 0.264. The Kier molecular flexibility index (Phi) is 6.43. The average molecular weight is 561 g/mol. The van der Waals surface area contributed by atoms with Crippen molar-refractivity contribution in [2.24, 2.45) is 16.7 Å². The molecule has 0 N–H and O–H groups in total. The predicted octanol–water partition coefficient (Wildman–Crippen LogP) is 1.95. The van der Waals surface area contributed by atoms with Crippen molar-refractivity contribution in [2.45, 2.75) is 95.1 Å². The van der Waals surface area contributed by atoms with Crippen molar-refractivity contribution in [3.63, 3.8) is 0 Å². The van der Waals surface area contributed by atoms with Crippen LogP contribution < -0.4 is 0 Å². The molecule has 0 amide bonds. The number of rotatable bonds is 1. The van der Waals surface area contributed by atoms with E-state index >= 15 is 0 Å².